The lowest BCUT2D eigenvalue weighted by molar-refractivity contribution is -0.119. The third-order valence-electron chi connectivity index (χ3n) is 2.69. The molecule has 1 saturated heterocycles. The summed E-state index contributed by atoms with van der Waals surface area (Å²) in [5.74, 6) is 1.45. The number of rotatable bonds is 1. The minimum absolute atomic E-state index is 0.112. The zero-order valence-electron chi connectivity index (χ0n) is 7.42. The number of aliphatic imine (C=N–C) groups is 1. The number of hydrogen-bond donors (Lipinski definition) is 0. The first-order chi connectivity index (χ1) is 5.79. The normalized spacial score (nSPS) is 28.2. The average molecular weight is 166 g/mol. The van der Waals surface area contributed by atoms with Gasteiger partial charge in [0.25, 0.3) is 0 Å². The van der Waals surface area contributed by atoms with Crippen LogP contribution in [0.1, 0.15) is 19.8 Å². The second kappa shape index (κ2) is 2.88. The second-order valence-electron chi connectivity index (χ2n) is 3.53. The summed E-state index contributed by atoms with van der Waals surface area (Å²) in [5.41, 5.74) is 0. The van der Waals surface area contributed by atoms with Crippen molar-refractivity contribution in [3.05, 3.63) is 0 Å². The molecule has 2 heterocycles. The maximum atomic E-state index is 11.2. The topological polar surface area (TPSA) is 32.7 Å². The lowest BCUT2D eigenvalue weighted by Crippen LogP contribution is -2.41. The Kier molecular flexibility index (Phi) is 1.87. The molecule has 0 saturated carbocycles. The monoisotopic (exact) mass is 166 g/mol. The number of fused-ring (bicyclic) bond motifs is 1. The van der Waals surface area contributed by atoms with Gasteiger partial charge in [-0.3, -0.25) is 9.79 Å². The predicted octanol–water partition coefficient (Wildman–Crippen LogP) is 0.700. The Morgan fingerprint density at radius 2 is 2.42 bits per heavy atom. The molecule has 0 spiro atoms. The van der Waals surface area contributed by atoms with Crippen molar-refractivity contribution in [2.45, 2.75) is 19.8 Å². The van der Waals surface area contributed by atoms with Gasteiger partial charge in [-0.05, 0) is 19.8 Å². The highest BCUT2D eigenvalue weighted by Gasteiger charge is 2.31. The van der Waals surface area contributed by atoms with Crippen molar-refractivity contribution in [3.63, 3.8) is 0 Å². The molecular formula is C9H14N2O. The second-order valence-corrected chi connectivity index (χ2v) is 3.53. The van der Waals surface area contributed by atoms with Crippen LogP contribution in [0.4, 0.5) is 0 Å². The first-order valence-electron chi connectivity index (χ1n) is 4.59. The van der Waals surface area contributed by atoms with Gasteiger partial charge < -0.3 is 4.90 Å². The number of nitrogens with zero attached hydrogens (tertiary/aromatic N) is 2. The first kappa shape index (κ1) is 7.77. The van der Waals surface area contributed by atoms with Crippen LogP contribution in [-0.2, 0) is 4.79 Å². The zero-order chi connectivity index (χ0) is 8.55. The molecule has 0 aromatic rings. The summed E-state index contributed by atoms with van der Waals surface area (Å²) in [6, 6.07) is 0. The van der Waals surface area contributed by atoms with Crippen LogP contribution in [-0.4, -0.2) is 36.2 Å². The van der Waals surface area contributed by atoms with Gasteiger partial charge >= 0.3 is 0 Å². The highest BCUT2D eigenvalue weighted by atomic mass is 16.1. The van der Waals surface area contributed by atoms with E-state index >= 15 is 0 Å². The highest BCUT2D eigenvalue weighted by molar-refractivity contribution is 6.04. The minimum atomic E-state index is 0.112. The molecule has 2 aliphatic rings. The molecule has 1 unspecified atom stereocenters. The van der Waals surface area contributed by atoms with E-state index in [4.69, 9.17) is 0 Å². The van der Waals surface area contributed by atoms with Crippen LogP contribution in [0.25, 0.3) is 0 Å². The van der Waals surface area contributed by atoms with Gasteiger partial charge in [-0.2, -0.15) is 0 Å². The Morgan fingerprint density at radius 1 is 1.58 bits per heavy atom. The molecule has 2 aliphatic heterocycles. The molecular weight excluding hydrogens is 152 g/mol. The van der Waals surface area contributed by atoms with Crippen LogP contribution in [0.3, 0.4) is 0 Å². The fourth-order valence-electron chi connectivity index (χ4n) is 2.06. The van der Waals surface area contributed by atoms with E-state index in [1.165, 1.54) is 0 Å². The average Bonchev–Trinajstić information content (AvgIpc) is 2.49. The molecule has 3 heteroatoms. The molecule has 1 fully saturated rings. The van der Waals surface area contributed by atoms with Gasteiger partial charge in [-0.25, -0.2) is 0 Å². The van der Waals surface area contributed by atoms with Crippen LogP contribution in [0.2, 0.25) is 0 Å². The zero-order valence-corrected chi connectivity index (χ0v) is 7.42. The summed E-state index contributed by atoms with van der Waals surface area (Å²) in [7, 11) is 0. The maximum absolute atomic E-state index is 11.2. The summed E-state index contributed by atoms with van der Waals surface area (Å²) >= 11 is 0. The molecule has 0 radical (unpaired) electrons. The third kappa shape index (κ3) is 1.13. The van der Waals surface area contributed by atoms with Gasteiger partial charge in [0.05, 0.1) is 12.5 Å². The Balaban J connectivity index is 2.18. The number of Topliss-reactive ketones (excluding diaryl/α,β-unsaturated/α-hetero) is 1. The molecule has 0 aromatic carbocycles. The van der Waals surface area contributed by atoms with Gasteiger partial charge in [-0.15, -0.1) is 0 Å². The molecule has 0 N–H and O–H groups in total. The minimum Gasteiger partial charge on any atom is -0.358 e. The Hall–Kier alpha value is -0.860. The Morgan fingerprint density at radius 3 is 3.17 bits per heavy atom. The van der Waals surface area contributed by atoms with Crippen LogP contribution < -0.4 is 0 Å². The fourth-order valence-corrected chi connectivity index (χ4v) is 2.06. The molecule has 3 nitrogen and oxygen atoms in total. The van der Waals surface area contributed by atoms with Gasteiger partial charge in [0.1, 0.15) is 11.6 Å². The quantitative estimate of drug-likeness (QED) is 0.574. The molecule has 66 valence electrons. The van der Waals surface area contributed by atoms with Crippen LogP contribution >= 0.6 is 0 Å². The van der Waals surface area contributed by atoms with Crippen molar-refractivity contribution in [1.29, 1.82) is 0 Å². The number of ketones is 1. The number of amidine groups is 1. The van der Waals surface area contributed by atoms with Crippen molar-refractivity contribution < 1.29 is 4.79 Å². The summed E-state index contributed by atoms with van der Waals surface area (Å²) in [6.07, 6.45) is 2.15. The molecule has 0 aliphatic carbocycles. The fraction of sp³-hybridized carbons (Fsp3) is 0.778. The SMILES string of the molecule is CC(=O)C1CCCN2CCN=C12. The molecule has 12 heavy (non-hydrogen) atoms. The third-order valence-corrected chi connectivity index (χ3v) is 2.69. The van der Waals surface area contributed by atoms with Crippen molar-refractivity contribution in [3.8, 4) is 0 Å². The van der Waals surface area contributed by atoms with Gasteiger partial charge in [-0.1, -0.05) is 0 Å². The van der Waals surface area contributed by atoms with Gasteiger partial charge in [0.2, 0.25) is 0 Å². The molecule has 0 bridgehead atoms. The van der Waals surface area contributed by atoms with E-state index in [1.54, 1.807) is 6.92 Å². The van der Waals surface area contributed by atoms with E-state index in [-0.39, 0.29) is 11.7 Å². The number of carbonyl (C=O) groups excluding carboxylic acids is 1. The van der Waals surface area contributed by atoms with Crippen LogP contribution in [0, 0.1) is 5.92 Å². The van der Waals surface area contributed by atoms with Crippen molar-refractivity contribution in [2.24, 2.45) is 10.9 Å². The highest BCUT2D eigenvalue weighted by Crippen LogP contribution is 2.22. The first-order valence-corrected chi connectivity index (χ1v) is 4.59. The van der Waals surface area contributed by atoms with Crippen molar-refractivity contribution in [2.75, 3.05) is 19.6 Å². The molecule has 2 rings (SSSR count). The number of piperidine rings is 1. The van der Waals surface area contributed by atoms with E-state index in [0.717, 1.165) is 38.3 Å². The summed E-state index contributed by atoms with van der Waals surface area (Å²) in [5, 5.41) is 0. The van der Waals surface area contributed by atoms with E-state index < -0.39 is 0 Å². The lowest BCUT2D eigenvalue weighted by Gasteiger charge is -2.30. The number of hydrogen-bond acceptors (Lipinski definition) is 3. The van der Waals surface area contributed by atoms with E-state index in [2.05, 4.69) is 9.89 Å². The predicted molar refractivity (Wildman–Crippen MR) is 47.3 cm³/mol. The van der Waals surface area contributed by atoms with Crippen LogP contribution in [0.5, 0.6) is 0 Å². The summed E-state index contributed by atoms with van der Waals surface area (Å²) < 4.78 is 0. The standard InChI is InChI=1S/C9H14N2O/c1-7(12)8-3-2-5-11-6-4-10-9(8)11/h8H,2-6H2,1H3. The van der Waals surface area contributed by atoms with E-state index in [0.29, 0.717) is 0 Å². The van der Waals surface area contributed by atoms with E-state index in [9.17, 15) is 4.79 Å². The van der Waals surface area contributed by atoms with E-state index in [1.807, 2.05) is 0 Å². The Labute approximate surface area is 72.5 Å². The molecule has 0 aromatic heterocycles. The lowest BCUT2D eigenvalue weighted by atomic mass is 9.93. The largest absolute Gasteiger partial charge is 0.358 e. The van der Waals surface area contributed by atoms with Gasteiger partial charge in [0, 0.05) is 13.1 Å². The smallest absolute Gasteiger partial charge is 0.140 e. The summed E-state index contributed by atoms with van der Waals surface area (Å²) in [6.45, 7) is 4.69. The van der Waals surface area contributed by atoms with Crippen molar-refractivity contribution >= 4 is 11.6 Å². The van der Waals surface area contributed by atoms with Crippen LogP contribution in [0.15, 0.2) is 4.99 Å². The molecule has 0 amide bonds. The maximum Gasteiger partial charge on any atom is 0.140 e. The Bertz CT molecular complexity index is 235. The van der Waals surface area contributed by atoms with Gasteiger partial charge in [0.15, 0.2) is 0 Å². The number of carbonyl (C=O) groups is 1. The summed E-state index contributed by atoms with van der Waals surface area (Å²) in [4.78, 5) is 17.9. The van der Waals surface area contributed by atoms with Crippen molar-refractivity contribution in [1.82, 2.24) is 4.90 Å². The molecule has 1 atom stereocenters.